The minimum atomic E-state index is -4.40. The Morgan fingerprint density at radius 3 is 0.906 bits per heavy atom. The number of esters is 2. The maximum atomic E-state index is 12.8. The number of hydrogen-bond acceptors (Lipinski definition) is 8. The third-order valence-corrected chi connectivity index (χ3v) is 14.9. The number of carbonyl (C=O) groups excluding carboxylic acids is 2. The highest BCUT2D eigenvalue weighted by Gasteiger charge is 2.26. The van der Waals surface area contributed by atoms with Crippen molar-refractivity contribution in [1.82, 2.24) is 0 Å². The minimum absolute atomic E-state index is 0.0453. The Hall–Kier alpha value is -4.37. The lowest BCUT2D eigenvalue weighted by atomic mass is 10.0. The van der Waals surface area contributed by atoms with Crippen LogP contribution in [-0.2, 0) is 32.7 Å². The topological polar surface area (TPSA) is 134 Å². The van der Waals surface area contributed by atoms with Gasteiger partial charge in [-0.1, -0.05) is 294 Å². The third kappa shape index (κ3) is 68.6. The molecule has 0 aromatic carbocycles. The van der Waals surface area contributed by atoms with Gasteiger partial charge in [0.2, 0.25) is 0 Å². The summed E-state index contributed by atoms with van der Waals surface area (Å²) in [4.78, 5) is 35.3. The fraction of sp³-hybridized carbons (Fsp3) is 0.627. The van der Waals surface area contributed by atoms with Gasteiger partial charge in [0, 0.05) is 19.4 Å². The van der Waals surface area contributed by atoms with Crippen LogP contribution in [0.3, 0.4) is 0 Å². The summed E-state index contributed by atoms with van der Waals surface area (Å²) in [7, 11) is -4.40. The van der Waals surface area contributed by atoms with Crippen molar-refractivity contribution in [3.63, 3.8) is 0 Å². The molecule has 0 spiro atoms. The van der Waals surface area contributed by atoms with Crippen LogP contribution in [0.1, 0.15) is 271 Å². The Labute approximate surface area is 521 Å². The Bertz CT molecular complexity index is 1950. The van der Waals surface area contributed by atoms with Crippen molar-refractivity contribution >= 4 is 19.8 Å². The van der Waals surface area contributed by atoms with Crippen LogP contribution in [0.2, 0.25) is 0 Å². The first-order chi connectivity index (χ1) is 41.8. The lowest BCUT2D eigenvalue weighted by Crippen LogP contribution is -2.29. The Morgan fingerprint density at radius 1 is 0.353 bits per heavy atom. The summed E-state index contributed by atoms with van der Waals surface area (Å²) in [5.74, 6) is -0.844. The van der Waals surface area contributed by atoms with Crippen molar-refractivity contribution in [2.24, 2.45) is 5.73 Å². The second kappa shape index (κ2) is 68.7. The number of hydrogen-bond donors (Lipinski definition) is 2. The standard InChI is InChI=1S/C75H124NO8P/c1-3-5-7-9-11-13-15-17-19-21-23-25-27-28-29-30-31-32-33-34-35-36-37-38-39-40-41-42-43-44-46-48-50-52-54-56-58-60-62-64-66-68-75(78)84-73(72-83-85(79,80)82-70-69-76)71-81-74(77)67-65-63-61-59-57-55-53-51-49-47-45-26-24-22-20-18-16-14-12-10-8-6-4-2/h5-8,11-14,17-20,23-26,28-29,31-32,34-35,37-38,47,49,73H,3-4,9-10,15-16,21-22,27,30,33,36,39-46,48,50-72,76H2,1-2H3,(H,79,80)/b7-5-,8-6-,13-11-,14-12-,19-17-,20-18-,25-23-,26-24-,29-28-,32-31-,35-34-,38-37-,49-47-. The summed E-state index contributed by atoms with van der Waals surface area (Å²) < 4.78 is 33.1. The molecule has 0 rings (SSSR count). The van der Waals surface area contributed by atoms with E-state index in [-0.39, 0.29) is 32.6 Å². The highest BCUT2D eigenvalue weighted by molar-refractivity contribution is 7.47. The van der Waals surface area contributed by atoms with Crippen LogP contribution in [-0.4, -0.2) is 49.3 Å². The molecule has 10 heteroatoms. The van der Waals surface area contributed by atoms with Crippen LogP contribution < -0.4 is 5.73 Å². The third-order valence-electron chi connectivity index (χ3n) is 13.9. The molecule has 482 valence electrons. The smallest absolute Gasteiger partial charge is 0.462 e. The first kappa shape index (κ1) is 80.6. The summed E-state index contributed by atoms with van der Waals surface area (Å²) >= 11 is 0. The second-order valence-electron chi connectivity index (χ2n) is 21.9. The molecule has 3 N–H and O–H groups in total. The van der Waals surface area contributed by atoms with Gasteiger partial charge in [0.15, 0.2) is 6.10 Å². The normalized spacial score (nSPS) is 14.0. The highest BCUT2D eigenvalue weighted by atomic mass is 31.2. The average molecular weight is 1200 g/mol. The van der Waals surface area contributed by atoms with Crippen molar-refractivity contribution in [1.29, 1.82) is 0 Å². The van der Waals surface area contributed by atoms with Gasteiger partial charge < -0.3 is 20.1 Å². The van der Waals surface area contributed by atoms with Crippen LogP contribution >= 0.6 is 7.82 Å². The van der Waals surface area contributed by atoms with Gasteiger partial charge in [0.25, 0.3) is 0 Å². The molecule has 0 aromatic heterocycles. The molecule has 0 saturated carbocycles. The molecule has 0 aliphatic rings. The first-order valence-electron chi connectivity index (χ1n) is 34.0. The van der Waals surface area contributed by atoms with Crippen LogP contribution in [0.5, 0.6) is 0 Å². The predicted octanol–water partition coefficient (Wildman–Crippen LogP) is 22.4. The summed E-state index contributed by atoms with van der Waals surface area (Å²) in [5, 5.41) is 0. The van der Waals surface area contributed by atoms with E-state index in [2.05, 4.69) is 172 Å². The van der Waals surface area contributed by atoms with Crippen molar-refractivity contribution in [2.75, 3.05) is 26.4 Å². The zero-order chi connectivity index (χ0) is 61.6. The van der Waals surface area contributed by atoms with Crippen LogP contribution in [0.15, 0.2) is 158 Å². The van der Waals surface area contributed by atoms with Crippen molar-refractivity contribution < 1.29 is 37.6 Å². The van der Waals surface area contributed by atoms with E-state index in [1.165, 1.54) is 103 Å². The van der Waals surface area contributed by atoms with E-state index in [4.69, 9.17) is 24.3 Å². The van der Waals surface area contributed by atoms with E-state index in [1.54, 1.807) is 0 Å². The SMILES string of the molecule is CC/C=C\C/C=C\C/C=C\C/C=C\C/C=C\C/C=C\C/C=C\C/C=C\CCCCCCCCCCCCCCCCCCC(=O)OC(COC(=O)CCCCCCCCC/C=C\C/C=C\C/C=C\C/C=C\C/C=C\CC)COP(=O)(O)OCCN. The predicted molar refractivity (Wildman–Crippen MR) is 366 cm³/mol. The molecular formula is C75H124NO8P. The maximum absolute atomic E-state index is 12.8. The van der Waals surface area contributed by atoms with Gasteiger partial charge in [-0.05, 0) is 122 Å². The molecule has 2 atom stereocenters. The molecule has 0 aromatic rings. The zero-order valence-corrected chi connectivity index (χ0v) is 54.9. The molecule has 0 radical (unpaired) electrons. The lowest BCUT2D eigenvalue weighted by molar-refractivity contribution is -0.161. The van der Waals surface area contributed by atoms with E-state index in [0.29, 0.717) is 12.8 Å². The van der Waals surface area contributed by atoms with Gasteiger partial charge in [-0.2, -0.15) is 0 Å². The molecule has 9 nitrogen and oxygen atoms in total. The number of allylic oxidation sites excluding steroid dienone is 26. The Kier molecular flexibility index (Phi) is 65.2. The average Bonchev–Trinajstić information content (AvgIpc) is 3.52. The van der Waals surface area contributed by atoms with E-state index in [1.807, 2.05) is 0 Å². The molecule has 85 heavy (non-hydrogen) atoms. The van der Waals surface area contributed by atoms with Crippen molar-refractivity contribution in [2.45, 2.75) is 277 Å². The molecular weight excluding hydrogens is 1070 g/mol. The van der Waals surface area contributed by atoms with Crippen molar-refractivity contribution in [3.8, 4) is 0 Å². The minimum Gasteiger partial charge on any atom is -0.462 e. The molecule has 0 aliphatic heterocycles. The quantitative estimate of drug-likeness (QED) is 0.0264. The fourth-order valence-electron chi connectivity index (χ4n) is 8.97. The van der Waals surface area contributed by atoms with Crippen LogP contribution in [0.25, 0.3) is 0 Å². The monoisotopic (exact) mass is 1200 g/mol. The van der Waals surface area contributed by atoms with Gasteiger partial charge in [-0.3, -0.25) is 18.6 Å². The van der Waals surface area contributed by atoms with Gasteiger partial charge in [-0.15, -0.1) is 0 Å². The summed E-state index contributed by atoms with van der Waals surface area (Å²) in [6.07, 6.45) is 100. The van der Waals surface area contributed by atoms with Gasteiger partial charge in [0.1, 0.15) is 6.61 Å². The summed E-state index contributed by atoms with van der Waals surface area (Å²) in [5.41, 5.74) is 5.40. The number of ether oxygens (including phenoxy) is 2. The first-order valence-corrected chi connectivity index (χ1v) is 35.5. The summed E-state index contributed by atoms with van der Waals surface area (Å²) in [6, 6.07) is 0. The Balaban J connectivity index is 3.91. The number of nitrogens with two attached hydrogens (primary N) is 1. The number of phosphoric acid groups is 1. The van der Waals surface area contributed by atoms with Gasteiger partial charge in [-0.25, -0.2) is 4.57 Å². The maximum Gasteiger partial charge on any atom is 0.472 e. The fourth-order valence-corrected chi connectivity index (χ4v) is 9.74. The second-order valence-corrected chi connectivity index (χ2v) is 23.4. The van der Waals surface area contributed by atoms with E-state index >= 15 is 0 Å². The number of unbranched alkanes of at least 4 members (excludes halogenated alkanes) is 23. The largest absolute Gasteiger partial charge is 0.472 e. The molecule has 0 amide bonds. The highest BCUT2D eigenvalue weighted by Crippen LogP contribution is 2.43. The number of rotatable bonds is 62. The summed E-state index contributed by atoms with van der Waals surface area (Å²) in [6.45, 7) is 3.50. The van der Waals surface area contributed by atoms with Crippen molar-refractivity contribution in [3.05, 3.63) is 158 Å². The lowest BCUT2D eigenvalue weighted by Gasteiger charge is -2.19. The number of carbonyl (C=O) groups is 2. The molecule has 2 unspecified atom stereocenters. The molecule has 0 aliphatic carbocycles. The van der Waals surface area contributed by atoms with Gasteiger partial charge in [0.05, 0.1) is 13.2 Å². The van der Waals surface area contributed by atoms with E-state index in [9.17, 15) is 19.0 Å². The van der Waals surface area contributed by atoms with E-state index in [0.717, 1.165) is 128 Å². The molecule has 0 saturated heterocycles. The molecule has 0 bridgehead atoms. The van der Waals surface area contributed by atoms with E-state index < -0.39 is 32.5 Å². The number of phosphoric ester groups is 1. The van der Waals surface area contributed by atoms with Crippen LogP contribution in [0, 0.1) is 0 Å². The molecule has 0 heterocycles. The molecule has 0 fully saturated rings. The van der Waals surface area contributed by atoms with Gasteiger partial charge >= 0.3 is 19.8 Å². The zero-order valence-electron chi connectivity index (χ0n) is 54.0. The van der Waals surface area contributed by atoms with Crippen LogP contribution in [0.4, 0.5) is 0 Å². The Morgan fingerprint density at radius 2 is 0.612 bits per heavy atom.